The summed E-state index contributed by atoms with van der Waals surface area (Å²) in [6.45, 7) is 2.02. The van der Waals surface area contributed by atoms with Gasteiger partial charge in [0.05, 0.1) is 6.04 Å². The minimum absolute atomic E-state index is 0. The van der Waals surface area contributed by atoms with Crippen LogP contribution in [0.5, 0.6) is 0 Å². The Bertz CT molecular complexity index is 810. The van der Waals surface area contributed by atoms with Gasteiger partial charge >= 0.3 is 0 Å². The van der Waals surface area contributed by atoms with Crippen molar-refractivity contribution in [1.29, 1.82) is 0 Å². The fourth-order valence-corrected chi connectivity index (χ4v) is 2.98. The summed E-state index contributed by atoms with van der Waals surface area (Å²) in [5.74, 6) is 0.930. The van der Waals surface area contributed by atoms with Crippen molar-refractivity contribution in [3.05, 3.63) is 41.6 Å². The van der Waals surface area contributed by atoms with Gasteiger partial charge < -0.3 is 9.84 Å². The number of piperidine rings is 1. The average Bonchev–Trinajstić information content (AvgIpc) is 3.25. The minimum atomic E-state index is 0. The number of halogens is 2. The van der Waals surface area contributed by atoms with Crippen molar-refractivity contribution in [3.63, 3.8) is 0 Å². The van der Waals surface area contributed by atoms with Gasteiger partial charge in [0, 0.05) is 23.3 Å². The summed E-state index contributed by atoms with van der Waals surface area (Å²) in [6.07, 6.45) is 4.27. The monoisotopic (exact) mass is 365 g/mol. The molecule has 1 atom stereocenters. The normalized spacial score (nSPS) is 17.5. The van der Waals surface area contributed by atoms with E-state index in [1.807, 2.05) is 41.2 Å². The number of aromatic nitrogens is 4. The zero-order chi connectivity index (χ0) is 15.6. The molecule has 0 spiro atoms. The number of nitrogens with zero attached hydrogens (tertiary/aromatic N) is 4. The molecule has 1 aromatic carbocycles. The van der Waals surface area contributed by atoms with Gasteiger partial charge in [0.15, 0.2) is 5.69 Å². The minimum Gasteiger partial charge on any atom is -0.332 e. The molecular formula is C16H17Cl2N5O. The lowest BCUT2D eigenvalue weighted by atomic mass is 10.1. The van der Waals surface area contributed by atoms with Crippen LogP contribution in [-0.4, -0.2) is 33.0 Å². The predicted octanol–water partition coefficient (Wildman–Crippen LogP) is 3.60. The molecule has 24 heavy (non-hydrogen) atoms. The van der Waals surface area contributed by atoms with Gasteiger partial charge in [0.1, 0.15) is 0 Å². The molecule has 1 aliphatic rings. The molecule has 3 heterocycles. The number of rotatable bonds is 3. The third-order valence-corrected chi connectivity index (χ3v) is 4.22. The number of hydrogen-bond donors (Lipinski definition) is 1. The van der Waals surface area contributed by atoms with Crippen LogP contribution in [0.2, 0.25) is 5.02 Å². The van der Waals surface area contributed by atoms with Crippen molar-refractivity contribution in [2.24, 2.45) is 0 Å². The SMILES string of the molecule is Cl.Clc1cccc(-c2noc(-c3ccn(C4CCCNC4)n3)n2)c1. The zero-order valence-electron chi connectivity index (χ0n) is 12.9. The van der Waals surface area contributed by atoms with E-state index in [0.29, 0.717) is 28.5 Å². The molecular weight excluding hydrogens is 349 g/mol. The topological polar surface area (TPSA) is 68.8 Å². The van der Waals surface area contributed by atoms with Crippen molar-refractivity contribution >= 4 is 24.0 Å². The molecule has 1 unspecified atom stereocenters. The molecule has 8 heteroatoms. The molecule has 4 rings (SSSR count). The van der Waals surface area contributed by atoms with Crippen LogP contribution in [-0.2, 0) is 0 Å². The van der Waals surface area contributed by atoms with E-state index in [2.05, 4.69) is 20.6 Å². The molecule has 0 radical (unpaired) electrons. The van der Waals surface area contributed by atoms with Crippen LogP contribution in [0.3, 0.4) is 0 Å². The third-order valence-electron chi connectivity index (χ3n) is 3.98. The highest BCUT2D eigenvalue weighted by molar-refractivity contribution is 6.30. The first-order valence-electron chi connectivity index (χ1n) is 7.65. The van der Waals surface area contributed by atoms with Crippen LogP contribution >= 0.6 is 24.0 Å². The van der Waals surface area contributed by atoms with E-state index < -0.39 is 0 Å². The quantitative estimate of drug-likeness (QED) is 0.767. The van der Waals surface area contributed by atoms with Crippen LogP contribution in [0.4, 0.5) is 0 Å². The Morgan fingerprint density at radius 1 is 1.29 bits per heavy atom. The van der Waals surface area contributed by atoms with Crippen molar-refractivity contribution in [2.45, 2.75) is 18.9 Å². The molecule has 126 valence electrons. The second-order valence-corrected chi connectivity index (χ2v) is 6.05. The molecule has 6 nitrogen and oxygen atoms in total. The van der Waals surface area contributed by atoms with Crippen molar-refractivity contribution in [1.82, 2.24) is 25.2 Å². The van der Waals surface area contributed by atoms with Crippen LogP contribution < -0.4 is 5.32 Å². The van der Waals surface area contributed by atoms with E-state index in [-0.39, 0.29) is 12.4 Å². The first-order valence-corrected chi connectivity index (χ1v) is 8.03. The van der Waals surface area contributed by atoms with E-state index in [4.69, 9.17) is 16.1 Å². The lowest BCUT2D eigenvalue weighted by molar-refractivity contribution is 0.346. The van der Waals surface area contributed by atoms with Crippen molar-refractivity contribution in [2.75, 3.05) is 13.1 Å². The summed E-state index contributed by atoms with van der Waals surface area (Å²) in [4.78, 5) is 4.42. The number of benzene rings is 1. The van der Waals surface area contributed by atoms with Crippen molar-refractivity contribution < 1.29 is 4.52 Å². The highest BCUT2D eigenvalue weighted by Gasteiger charge is 2.18. The molecule has 0 aliphatic carbocycles. The molecule has 1 aliphatic heterocycles. The van der Waals surface area contributed by atoms with Gasteiger partial charge in [-0.3, -0.25) is 4.68 Å². The van der Waals surface area contributed by atoms with E-state index in [1.54, 1.807) is 0 Å². The molecule has 1 N–H and O–H groups in total. The Morgan fingerprint density at radius 3 is 3.00 bits per heavy atom. The van der Waals surface area contributed by atoms with Gasteiger partial charge in [-0.1, -0.05) is 28.9 Å². The largest absolute Gasteiger partial charge is 0.332 e. The molecule has 0 amide bonds. The van der Waals surface area contributed by atoms with E-state index in [0.717, 1.165) is 25.1 Å². The summed E-state index contributed by atoms with van der Waals surface area (Å²) >= 11 is 6.00. The second-order valence-electron chi connectivity index (χ2n) is 5.61. The Hall–Kier alpha value is -1.89. The number of hydrogen-bond acceptors (Lipinski definition) is 5. The maximum atomic E-state index is 6.00. The predicted molar refractivity (Wildman–Crippen MR) is 94.4 cm³/mol. The van der Waals surface area contributed by atoms with Gasteiger partial charge in [0.2, 0.25) is 5.82 Å². The Balaban J connectivity index is 0.00000169. The van der Waals surface area contributed by atoms with Gasteiger partial charge in [-0.15, -0.1) is 12.4 Å². The third kappa shape index (κ3) is 3.45. The Morgan fingerprint density at radius 2 is 2.21 bits per heavy atom. The zero-order valence-corrected chi connectivity index (χ0v) is 14.4. The van der Waals surface area contributed by atoms with Gasteiger partial charge in [-0.05, 0) is 37.6 Å². The lowest BCUT2D eigenvalue weighted by Crippen LogP contribution is -2.31. The fraction of sp³-hybridized carbons (Fsp3) is 0.312. The highest BCUT2D eigenvalue weighted by Crippen LogP contribution is 2.24. The van der Waals surface area contributed by atoms with Crippen LogP contribution in [0.1, 0.15) is 18.9 Å². The first-order chi connectivity index (χ1) is 11.3. The number of nitrogens with one attached hydrogen (secondary N) is 1. The van der Waals surface area contributed by atoms with E-state index >= 15 is 0 Å². The smallest absolute Gasteiger partial charge is 0.278 e. The summed E-state index contributed by atoms with van der Waals surface area (Å²) in [7, 11) is 0. The maximum Gasteiger partial charge on any atom is 0.278 e. The molecule has 1 fully saturated rings. The molecule has 1 saturated heterocycles. The van der Waals surface area contributed by atoms with Crippen LogP contribution in [0.15, 0.2) is 41.1 Å². The Kier molecular flexibility index (Phi) is 5.18. The lowest BCUT2D eigenvalue weighted by Gasteiger charge is -2.22. The van der Waals surface area contributed by atoms with E-state index in [9.17, 15) is 0 Å². The Labute approximate surface area is 150 Å². The summed E-state index contributed by atoms with van der Waals surface area (Å²) in [5.41, 5.74) is 1.51. The highest BCUT2D eigenvalue weighted by atomic mass is 35.5. The second kappa shape index (κ2) is 7.34. The first kappa shape index (κ1) is 17.0. The van der Waals surface area contributed by atoms with E-state index in [1.165, 1.54) is 6.42 Å². The van der Waals surface area contributed by atoms with Crippen LogP contribution in [0.25, 0.3) is 23.0 Å². The average molecular weight is 366 g/mol. The molecule has 2 aromatic heterocycles. The molecule has 3 aromatic rings. The van der Waals surface area contributed by atoms with Crippen molar-refractivity contribution in [3.8, 4) is 23.0 Å². The summed E-state index contributed by atoms with van der Waals surface area (Å²) in [6, 6.07) is 9.66. The summed E-state index contributed by atoms with van der Waals surface area (Å²) < 4.78 is 7.33. The van der Waals surface area contributed by atoms with Gasteiger partial charge in [-0.2, -0.15) is 10.1 Å². The van der Waals surface area contributed by atoms with Gasteiger partial charge in [0.25, 0.3) is 5.89 Å². The molecule has 0 bridgehead atoms. The maximum absolute atomic E-state index is 6.00. The fourth-order valence-electron chi connectivity index (χ4n) is 2.79. The molecule has 0 saturated carbocycles. The van der Waals surface area contributed by atoms with Crippen LogP contribution in [0, 0.1) is 0 Å². The standard InChI is InChI=1S/C16H16ClN5O.ClH/c17-12-4-1-3-11(9-12)15-19-16(23-21-15)14-6-8-22(20-14)13-5-2-7-18-10-13;/h1,3-4,6,8-9,13,18H,2,5,7,10H2;1H. The summed E-state index contributed by atoms with van der Waals surface area (Å²) in [5, 5.41) is 12.6. The van der Waals surface area contributed by atoms with Gasteiger partial charge in [-0.25, -0.2) is 0 Å².